The number of pyridine rings is 2. The summed E-state index contributed by atoms with van der Waals surface area (Å²) in [7, 11) is 0. The zero-order valence-corrected chi connectivity index (χ0v) is 24.8. The molecule has 0 atom stereocenters. The van der Waals surface area contributed by atoms with Gasteiger partial charge in [-0.25, -0.2) is 0 Å². The molecule has 7 rings (SSSR count). The number of aromatic nitrogens is 2. The minimum absolute atomic E-state index is 0. The van der Waals surface area contributed by atoms with Crippen molar-refractivity contribution >= 4 is 32.4 Å². The van der Waals surface area contributed by atoms with E-state index in [1.807, 2.05) is 54.7 Å². The van der Waals surface area contributed by atoms with E-state index in [2.05, 4.69) is 82.1 Å². The van der Waals surface area contributed by atoms with Crippen molar-refractivity contribution in [1.29, 1.82) is 0 Å². The van der Waals surface area contributed by atoms with Crippen LogP contribution in [-0.2, 0) is 30.9 Å². The van der Waals surface area contributed by atoms with Crippen LogP contribution in [0.25, 0.3) is 43.7 Å². The fraction of sp³-hybridized carbons (Fsp3) is 0.200. The average molecular weight is 671 g/mol. The summed E-state index contributed by atoms with van der Waals surface area (Å²) >= 11 is 0. The van der Waals surface area contributed by atoms with Gasteiger partial charge in [0.1, 0.15) is 0 Å². The third-order valence-electron chi connectivity index (χ3n) is 7.58. The Morgan fingerprint density at radius 2 is 1.50 bits per heavy atom. The summed E-state index contributed by atoms with van der Waals surface area (Å²) in [5.41, 5.74) is 7.44. The van der Waals surface area contributed by atoms with Gasteiger partial charge in [0.2, 0.25) is 0 Å². The van der Waals surface area contributed by atoms with Crippen molar-refractivity contribution in [3.8, 4) is 11.3 Å². The molecule has 1 aliphatic carbocycles. The van der Waals surface area contributed by atoms with Gasteiger partial charge >= 0.3 is 0 Å². The first kappa shape index (κ1) is 26.2. The molecule has 0 fully saturated rings. The average Bonchev–Trinajstić information content (AvgIpc) is 3.16. The van der Waals surface area contributed by atoms with Crippen molar-refractivity contribution in [2.45, 2.75) is 45.4 Å². The predicted molar refractivity (Wildman–Crippen MR) is 155 cm³/mol. The Labute approximate surface area is 238 Å². The van der Waals surface area contributed by atoms with E-state index in [9.17, 15) is 0 Å². The summed E-state index contributed by atoms with van der Waals surface area (Å²) in [6, 6.07) is 33.7. The molecule has 38 heavy (non-hydrogen) atoms. The zero-order chi connectivity index (χ0) is 25.8. The van der Waals surface area contributed by atoms with E-state index in [0.29, 0.717) is 0 Å². The van der Waals surface area contributed by atoms with Crippen LogP contribution in [0.1, 0.15) is 51.3 Å². The molecule has 0 saturated heterocycles. The number of hydrogen-bond donors (Lipinski definition) is 0. The predicted octanol–water partition coefficient (Wildman–Crippen LogP) is 8.82. The smallest absolute Gasteiger partial charge is 0.0161 e. The van der Waals surface area contributed by atoms with Crippen LogP contribution in [0.2, 0.25) is 0 Å². The van der Waals surface area contributed by atoms with Crippen LogP contribution in [0.4, 0.5) is 0 Å². The van der Waals surface area contributed by atoms with Crippen molar-refractivity contribution in [2.24, 2.45) is 0 Å². The summed E-state index contributed by atoms with van der Waals surface area (Å²) in [6.07, 6.45) is 3.68. The molecular weight excluding hydrogens is 641 g/mol. The van der Waals surface area contributed by atoms with E-state index < -0.39 is 0 Å². The van der Waals surface area contributed by atoms with Gasteiger partial charge in [-0.2, -0.15) is 0 Å². The summed E-state index contributed by atoms with van der Waals surface area (Å²) in [5, 5.41) is 6.49. The Morgan fingerprint density at radius 3 is 2.21 bits per heavy atom. The zero-order valence-electron chi connectivity index (χ0n) is 22.4. The van der Waals surface area contributed by atoms with E-state index in [4.69, 9.17) is 4.98 Å². The number of fused-ring (bicyclic) bond motifs is 3. The van der Waals surface area contributed by atoms with E-state index in [0.717, 1.165) is 22.2 Å². The second-order valence-electron chi connectivity index (χ2n) is 11.4. The molecule has 0 N–H and O–H groups in total. The molecule has 0 amide bonds. The van der Waals surface area contributed by atoms with Crippen LogP contribution in [0, 0.1) is 12.1 Å². The van der Waals surface area contributed by atoms with Gasteiger partial charge in [0, 0.05) is 32.5 Å². The minimum Gasteiger partial charge on any atom is -0.305 e. The van der Waals surface area contributed by atoms with Gasteiger partial charge in [-0.15, -0.1) is 65.0 Å². The Hall–Kier alpha value is -3.39. The van der Waals surface area contributed by atoms with Gasteiger partial charge in [-0.1, -0.05) is 70.3 Å². The molecule has 6 aromatic rings. The van der Waals surface area contributed by atoms with Crippen LogP contribution in [0.5, 0.6) is 0 Å². The number of hydrogen-bond acceptors (Lipinski definition) is 2. The minimum atomic E-state index is 0. The van der Waals surface area contributed by atoms with E-state index >= 15 is 0 Å². The van der Waals surface area contributed by atoms with Crippen molar-refractivity contribution in [2.75, 3.05) is 0 Å². The molecule has 2 nitrogen and oxygen atoms in total. The Balaban J connectivity index is 0.000000191. The fourth-order valence-electron chi connectivity index (χ4n) is 5.56. The van der Waals surface area contributed by atoms with Gasteiger partial charge in [0.15, 0.2) is 0 Å². The summed E-state index contributed by atoms with van der Waals surface area (Å²) in [4.78, 5) is 8.95. The molecule has 0 spiro atoms. The molecule has 2 aromatic heterocycles. The molecule has 0 unspecified atom stereocenters. The molecule has 0 bridgehead atoms. The number of rotatable bonds is 1. The molecule has 1 aliphatic rings. The van der Waals surface area contributed by atoms with E-state index in [1.165, 1.54) is 38.2 Å². The van der Waals surface area contributed by atoms with Gasteiger partial charge in [-0.05, 0) is 61.5 Å². The topological polar surface area (TPSA) is 25.8 Å². The molecule has 191 valence electrons. The number of benzene rings is 4. The second-order valence-corrected chi connectivity index (χ2v) is 11.4. The molecule has 3 heteroatoms. The standard InChI is InChI=1S/C24H22N.C11H8N.Ir/c1-23(2,3)14-12-17-15-9-7-11-25-22(15)16-8-6-10-18-20(16)21(17)19(13-14)24(18,4)5;1-2-6-10(7-3-1)11-8-4-5-9-12-11;/h6-7,9-13H,1-5H3;1-6,8-9H;/q2*-1;. The van der Waals surface area contributed by atoms with Crippen LogP contribution >= 0.6 is 0 Å². The third-order valence-corrected chi connectivity index (χ3v) is 7.58. The first-order chi connectivity index (χ1) is 17.8. The molecular formula is C35H30IrN2-2. The van der Waals surface area contributed by atoms with Crippen molar-refractivity contribution in [1.82, 2.24) is 9.97 Å². The fourth-order valence-corrected chi connectivity index (χ4v) is 5.56. The molecule has 0 aliphatic heterocycles. The van der Waals surface area contributed by atoms with Crippen LogP contribution in [-0.4, -0.2) is 9.97 Å². The molecule has 1 radical (unpaired) electrons. The Kier molecular flexibility index (Phi) is 6.71. The summed E-state index contributed by atoms with van der Waals surface area (Å²) < 4.78 is 0. The van der Waals surface area contributed by atoms with Crippen molar-refractivity contribution in [3.05, 3.63) is 120 Å². The largest absolute Gasteiger partial charge is 0.305 e. The summed E-state index contributed by atoms with van der Waals surface area (Å²) in [5.74, 6) is 0. The monoisotopic (exact) mass is 671 g/mol. The van der Waals surface area contributed by atoms with Crippen molar-refractivity contribution in [3.63, 3.8) is 0 Å². The van der Waals surface area contributed by atoms with Crippen LogP contribution < -0.4 is 0 Å². The van der Waals surface area contributed by atoms with Gasteiger partial charge < -0.3 is 9.97 Å². The number of nitrogens with zero attached hydrogens (tertiary/aromatic N) is 2. The SMILES string of the molecule is CC(C)(C)c1cc2c3c(c1)c1cccnc1c1[c-]ccc(c13)C2(C)C.[Ir].[c-]1ccccc1-c1ccccn1. The maximum absolute atomic E-state index is 4.73. The maximum atomic E-state index is 4.73. The van der Waals surface area contributed by atoms with Crippen LogP contribution in [0.15, 0.2) is 91.3 Å². The quantitative estimate of drug-likeness (QED) is 0.129. The van der Waals surface area contributed by atoms with E-state index in [-0.39, 0.29) is 30.9 Å². The van der Waals surface area contributed by atoms with Gasteiger partial charge in [0.05, 0.1) is 0 Å². The first-order valence-corrected chi connectivity index (χ1v) is 12.9. The van der Waals surface area contributed by atoms with Gasteiger partial charge in [0.25, 0.3) is 0 Å². The van der Waals surface area contributed by atoms with Gasteiger partial charge in [-0.3, -0.25) is 0 Å². The third kappa shape index (κ3) is 4.24. The normalized spacial score (nSPS) is 13.4. The maximum Gasteiger partial charge on any atom is 0.0161 e. The first-order valence-electron chi connectivity index (χ1n) is 12.9. The second kappa shape index (κ2) is 9.73. The Morgan fingerprint density at radius 1 is 0.711 bits per heavy atom. The molecule has 0 saturated carbocycles. The summed E-state index contributed by atoms with van der Waals surface area (Å²) in [6.45, 7) is 11.6. The van der Waals surface area contributed by atoms with Crippen LogP contribution in [0.3, 0.4) is 0 Å². The molecule has 2 heterocycles. The van der Waals surface area contributed by atoms with E-state index in [1.54, 1.807) is 6.20 Å². The van der Waals surface area contributed by atoms with Crippen molar-refractivity contribution < 1.29 is 20.1 Å². The molecule has 4 aromatic carbocycles. The Bertz CT molecular complexity index is 1730.